The number of H-pyrrole nitrogens is 1. The Morgan fingerprint density at radius 2 is 2.30 bits per heavy atom. The summed E-state index contributed by atoms with van der Waals surface area (Å²) in [7, 11) is 0. The minimum Gasteiger partial charge on any atom is -0.357 e. The van der Waals surface area contributed by atoms with E-state index in [4.69, 9.17) is 0 Å². The van der Waals surface area contributed by atoms with Crippen LogP contribution in [0.3, 0.4) is 0 Å². The number of benzene rings is 1. The summed E-state index contributed by atoms with van der Waals surface area (Å²) >= 11 is 0. The van der Waals surface area contributed by atoms with E-state index < -0.39 is 0 Å². The van der Waals surface area contributed by atoms with Crippen molar-refractivity contribution in [2.24, 2.45) is 5.92 Å². The molecule has 1 unspecified atom stereocenters. The number of piperidine rings is 1. The van der Waals surface area contributed by atoms with Crippen LogP contribution in [0.4, 0.5) is 4.79 Å². The van der Waals surface area contributed by atoms with Gasteiger partial charge in [0.15, 0.2) is 0 Å². The number of hydrogen-bond acceptors (Lipinski definition) is 1. The highest BCUT2D eigenvalue weighted by atomic mass is 16.2. The quantitative estimate of drug-likeness (QED) is 0.866. The van der Waals surface area contributed by atoms with Crippen LogP contribution in [0.5, 0.6) is 0 Å². The molecule has 2 heterocycles. The van der Waals surface area contributed by atoms with E-state index in [0.29, 0.717) is 12.5 Å². The highest BCUT2D eigenvalue weighted by molar-refractivity contribution is 5.80. The van der Waals surface area contributed by atoms with Gasteiger partial charge in [-0.2, -0.15) is 0 Å². The van der Waals surface area contributed by atoms with E-state index in [0.717, 1.165) is 30.7 Å². The van der Waals surface area contributed by atoms with E-state index in [2.05, 4.69) is 29.4 Å². The predicted molar refractivity (Wildman–Crippen MR) is 80.5 cm³/mol. The fourth-order valence-electron chi connectivity index (χ4n) is 2.89. The number of nitrogens with zero attached hydrogens (tertiary/aromatic N) is 1. The molecule has 0 spiro atoms. The van der Waals surface area contributed by atoms with Crippen LogP contribution < -0.4 is 5.32 Å². The third-order valence-corrected chi connectivity index (χ3v) is 3.96. The second kappa shape index (κ2) is 5.57. The van der Waals surface area contributed by atoms with Crippen molar-refractivity contribution in [1.29, 1.82) is 0 Å². The molecular weight excluding hydrogens is 250 g/mol. The van der Waals surface area contributed by atoms with Crippen molar-refractivity contribution in [3.05, 3.63) is 36.0 Å². The lowest BCUT2D eigenvalue weighted by Gasteiger charge is -2.30. The van der Waals surface area contributed by atoms with Gasteiger partial charge in [-0.25, -0.2) is 4.79 Å². The van der Waals surface area contributed by atoms with Crippen molar-refractivity contribution in [1.82, 2.24) is 15.2 Å². The molecule has 4 nitrogen and oxygen atoms in total. The molecule has 1 aromatic carbocycles. The van der Waals surface area contributed by atoms with Crippen LogP contribution in [-0.4, -0.2) is 29.0 Å². The van der Waals surface area contributed by atoms with Crippen LogP contribution in [-0.2, 0) is 6.54 Å². The molecule has 0 bridgehead atoms. The summed E-state index contributed by atoms with van der Waals surface area (Å²) in [6, 6.07) is 10.3. The Bertz CT molecular complexity index is 572. The molecule has 1 aliphatic heterocycles. The first-order valence-corrected chi connectivity index (χ1v) is 7.32. The smallest absolute Gasteiger partial charge is 0.317 e. The number of amides is 2. The number of fused-ring (bicyclic) bond motifs is 1. The van der Waals surface area contributed by atoms with E-state index in [1.54, 1.807) is 0 Å². The highest BCUT2D eigenvalue weighted by Crippen LogP contribution is 2.16. The summed E-state index contributed by atoms with van der Waals surface area (Å²) < 4.78 is 0. The van der Waals surface area contributed by atoms with Gasteiger partial charge < -0.3 is 15.2 Å². The van der Waals surface area contributed by atoms with Gasteiger partial charge in [0.1, 0.15) is 0 Å². The molecule has 0 aliphatic carbocycles. The summed E-state index contributed by atoms with van der Waals surface area (Å²) in [5.41, 5.74) is 2.16. The van der Waals surface area contributed by atoms with Gasteiger partial charge >= 0.3 is 6.03 Å². The Hall–Kier alpha value is -1.97. The van der Waals surface area contributed by atoms with Crippen LogP contribution in [0.25, 0.3) is 10.9 Å². The van der Waals surface area contributed by atoms with Crippen molar-refractivity contribution in [2.45, 2.75) is 26.3 Å². The number of para-hydroxylation sites is 1. The van der Waals surface area contributed by atoms with Crippen molar-refractivity contribution in [3.8, 4) is 0 Å². The van der Waals surface area contributed by atoms with Crippen LogP contribution in [0, 0.1) is 5.92 Å². The maximum absolute atomic E-state index is 12.1. The van der Waals surface area contributed by atoms with Crippen LogP contribution in [0.2, 0.25) is 0 Å². The Balaban J connectivity index is 1.59. The number of nitrogens with one attached hydrogen (secondary N) is 2. The molecule has 1 fully saturated rings. The molecular formula is C16H21N3O. The monoisotopic (exact) mass is 271 g/mol. The fraction of sp³-hybridized carbons (Fsp3) is 0.438. The Labute approximate surface area is 119 Å². The SMILES string of the molecule is CC1CCCN(C(=O)NCc2cc3ccccc3[nH]2)C1. The molecule has 2 aromatic rings. The first-order valence-electron chi connectivity index (χ1n) is 7.32. The van der Waals surface area contributed by atoms with Gasteiger partial charge in [-0.1, -0.05) is 25.1 Å². The maximum Gasteiger partial charge on any atom is 0.317 e. The van der Waals surface area contributed by atoms with E-state index >= 15 is 0 Å². The molecule has 4 heteroatoms. The zero-order valence-corrected chi connectivity index (χ0v) is 11.9. The number of carbonyl (C=O) groups excluding carboxylic acids is 1. The predicted octanol–water partition coefficient (Wildman–Crippen LogP) is 3.11. The zero-order chi connectivity index (χ0) is 13.9. The van der Waals surface area contributed by atoms with Gasteiger partial charge in [0.25, 0.3) is 0 Å². The molecule has 2 amide bonds. The Kier molecular flexibility index (Phi) is 3.63. The molecule has 3 rings (SSSR count). The fourth-order valence-corrected chi connectivity index (χ4v) is 2.89. The topological polar surface area (TPSA) is 48.1 Å². The molecule has 106 valence electrons. The molecule has 1 aliphatic rings. The van der Waals surface area contributed by atoms with Crippen LogP contribution >= 0.6 is 0 Å². The lowest BCUT2D eigenvalue weighted by molar-refractivity contribution is 0.169. The van der Waals surface area contributed by atoms with Gasteiger partial charge in [0.05, 0.1) is 6.54 Å². The first kappa shape index (κ1) is 13.0. The molecule has 1 saturated heterocycles. The molecule has 1 aromatic heterocycles. The summed E-state index contributed by atoms with van der Waals surface area (Å²) in [6.45, 7) is 4.51. The minimum atomic E-state index is 0.0511. The Morgan fingerprint density at radius 1 is 1.45 bits per heavy atom. The highest BCUT2D eigenvalue weighted by Gasteiger charge is 2.20. The molecule has 1 atom stereocenters. The number of aromatic amines is 1. The van der Waals surface area contributed by atoms with Gasteiger partial charge in [0, 0.05) is 24.3 Å². The van der Waals surface area contributed by atoms with Crippen LogP contribution in [0.1, 0.15) is 25.5 Å². The average Bonchev–Trinajstić information content (AvgIpc) is 2.87. The zero-order valence-electron chi connectivity index (χ0n) is 11.9. The van der Waals surface area contributed by atoms with Gasteiger partial charge in [-0.15, -0.1) is 0 Å². The minimum absolute atomic E-state index is 0.0511. The van der Waals surface area contributed by atoms with Gasteiger partial charge in [0.2, 0.25) is 0 Å². The lowest BCUT2D eigenvalue weighted by Crippen LogP contribution is -2.44. The third kappa shape index (κ3) is 2.79. The summed E-state index contributed by atoms with van der Waals surface area (Å²) in [5, 5.41) is 4.19. The molecule has 2 N–H and O–H groups in total. The number of carbonyl (C=O) groups is 1. The maximum atomic E-state index is 12.1. The lowest BCUT2D eigenvalue weighted by atomic mass is 10.0. The van der Waals surface area contributed by atoms with Crippen molar-refractivity contribution in [3.63, 3.8) is 0 Å². The van der Waals surface area contributed by atoms with Crippen molar-refractivity contribution in [2.75, 3.05) is 13.1 Å². The van der Waals surface area contributed by atoms with Crippen molar-refractivity contribution >= 4 is 16.9 Å². The molecule has 0 saturated carbocycles. The third-order valence-electron chi connectivity index (χ3n) is 3.96. The van der Waals surface area contributed by atoms with Gasteiger partial charge in [-0.05, 0) is 36.3 Å². The van der Waals surface area contributed by atoms with E-state index in [9.17, 15) is 4.79 Å². The number of rotatable bonds is 2. The van der Waals surface area contributed by atoms with Gasteiger partial charge in [-0.3, -0.25) is 0 Å². The standard InChI is InChI=1S/C16H21N3O/c1-12-5-4-8-19(11-12)16(20)17-10-14-9-13-6-2-3-7-15(13)18-14/h2-3,6-7,9,12,18H,4-5,8,10-11H2,1H3,(H,17,20). The number of aromatic nitrogens is 1. The average molecular weight is 271 g/mol. The summed E-state index contributed by atoms with van der Waals surface area (Å²) in [4.78, 5) is 17.4. The number of hydrogen-bond donors (Lipinski definition) is 2. The molecule has 20 heavy (non-hydrogen) atoms. The van der Waals surface area contributed by atoms with Crippen LogP contribution in [0.15, 0.2) is 30.3 Å². The van der Waals surface area contributed by atoms with E-state index in [-0.39, 0.29) is 6.03 Å². The first-order chi connectivity index (χ1) is 9.72. The Morgan fingerprint density at radius 3 is 3.10 bits per heavy atom. The largest absolute Gasteiger partial charge is 0.357 e. The number of likely N-dealkylation sites (tertiary alicyclic amines) is 1. The second-order valence-electron chi connectivity index (χ2n) is 5.73. The molecule has 0 radical (unpaired) electrons. The second-order valence-corrected chi connectivity index (χ2v) is 5.73. The van der Waals surface area contributed by atoms with E-state index in [1.807, 2.05) is 23.1 Å². The summed E-state index contributed by atoms with van der Waals surface area (Å²) in [5.74, 6) is 0.613. The van der Waals surface area contributed by atoms with Crippen molar-refractivity contribution < 1.29 is 4.79 Å². The number of urea groups is 1. The van der Waals surface area contributed by atoms with E-state index in [1.165, 1.54) is 11.8 Å². The normalized spacial score (nSPS) is 19.2. The summed E-state index contributed by atoms with van der Waals surface area (Å²) in [6.07, 6.45) is 2.34.